The second-order valence-electron chi connectivity index (χ2n) is 8.56. The molecule has 2 unspecified atom stereocenters. The highest BCUT2D eigenvalue weighted by Gasteiger charge is 2.54. The molecule has 0 aromatic heterocycles. The summed E-state index contributed by atoms with van der Waals surface area (Å²) in [5.74, 6) is 0.829. The van der Waals surface area contributed by atoms with Crippen molar-refractivity contribution in [3.8, 4) is 5.75 Å². The number of nitrogens with zero attached hydrogens (tertiary/aromatic N) is 1. The van der Waals surface area contributed by atoms with Gasteiger partial charge in [0.15, 0.2) is 5.78 Å². The van der Waals surface area contributed by atoms with Crippen LogP contribution in [-0.2, 0) is 4.74 Å². The molecule has 0 N–H and O–H groups in total. The number of Topliss-reactive ketones (excluding diaryl/α,β-unsaturated/α-hetero) is 1. The van der Waals surface area contributed by atoms with Gasteiger partial charge in [0.25, 0.3) is 0 Å². The van der Waals surface area contributed by atoms with Gasteiger partial charge in [0.05, 0.1) is 12.0 Å². The van der Waals surface area contributed by atoms with Crippen LogP contribution in [0.25, 0.3) is 0 Å². The maximum absolute atomic E-state index is 12.6. The Bertz CT molecular complexity index is 707. The van der Waals surface area contributed by atoms with Gasteiger partial charge in [0.1, 0.15) is 17.0 Å². The molecular formula is C20H25NO4. The highest BCUT2D eigenvalue weighted by atomic mass is 16.6. The van der Waals surface area contributed by atoms with Crippen LogP contribution in [0.5, 0.6) is 5.75 Å². The first-order valence-electron chi connectivity index (χ1n) is 9.09. The third kappa shape index (κ3) is 2.90. The summed E-state index contributed by atoms with van der Waals surface area (Å²) < 4.78 is 11.9. The van der Waals surface area contributed by atoms with Gasteiger partial charge in [0, 0.05) is 24.9 Å². The number of ketones is 1. The molecule has 2 fully saturated rings. The lowest BCUT2D eigenvalue weighted by molar-refractivity contribution is -0.0480. The molecule has 4 rings (SSSR count). The SMILES string of the molecule is CC(C)(C)OC(=O)N1C2CCC1CC1(CC(=O)c3ccccc3O1)C2. The Hall–Kier alpha value is -2.04. The predicted octanol–water partition coefficient (Wildman–Crippen LogP) is 3.95. The van der Waals surface area contributed by atoms with E-state index in [0.717, 1.165) is 12.8 Å². The Morgan fingerprint density at radius 2 is 1.84 bits per heavy atom. The number of ether oxygens (including phenoxy) is 2. The van der Waals surface area contributed by atoms with E-state index in [1.165, 1.54) is 0 Å². The molecule has 3 aliphatic heterocycles. The van der Waals surface area contributed by atoms with E-state index < -0.39 is 11.2 Å². The average molecular weight is 343 g/mol. The maximum Gasteiger partial charge on any atom is 0.410 e. The van der Waals surface area contributed by atoms with Crippen molar-refractivity contribution in [2.75, 3.05) is 0 Å². The molecule has 3 aliphatic rings. The van der Waals surface area contributed by atoms with E-state index in [4.69, 9.17) is 9.47 Å². The number of carbonyl (C=O) groups is 2. The maximum atomic E-state index is 12.6. The number of amides is 1. The molecule has 0 saturated carbocycles. The number of fused-ring (bicyclic) bond motifs is 3. The molecule has 3 heterocycles. The molecule has 2 saturated heterocycles. The number of hydrogen-bond donors (Lipinski definition) is 0. The van der Waals surface area contributed by atoms with E-state index in [1.54, 1.807) is 0 Å². The smallest absolute Gasteiger partial charge is 0.410 e. The minimum atomic E-state index is -0.498. The van der Waals surface area contributed by atoms with Crippen LogP contribution in [0, 0.1) is 0 Å². The monoisotopic (exact) mass is 343 g/mol. The Morgan fingerprint density at radius 1 is 1.20 bits per heavy atom. The van der Waals surface area contributed by atoms with Crippen molar-refractivity contribution < 1.29 is 19.1 Å². The summed E-state index contributed by atoms with van der Waals surface area (Å²) in [5, 5.41) is 0. The van der Waals surface area contributed by atoms with Crippen LogP contribution in [0.2, 0.25) is 0 Å². The van der Waals surface area contributed by atoms with Gasteiger partial charge in [-0.2, -0.15) is 0 Å². The van der Waals surface area contributed by atoms with Crippen molar-refractivity contribution in [3.05, 3.63) is 29.8 Å². The second-order valence-corrected chi connectivity index (χ2v) is 8.56. The lowest BCUT2D eigenvalue weighted by Gasteiger charge is -2.47. The van der Waals surface area contributed by atoms with Crippen LogP contribution in [0.3, 0.4) is 0 Å². The van der Waals surface area contributed by atoms with Crippen LogP contribution < -0.4 is 4.74 Å². The summed E-state index contributed by atoms with van der Waals surface area (Å²) in [6, 6.07) is 7.64. The second kappa shape index (κ2) is 5.48. The van der Waals surface area contributed by atoms with E-state index in [9.17, 15) is 9.59 Å². The van der Waals surface area contributed by atoms with Crippen molar-refractivity contribution in [1.29, 1.82) is 0 Å². The highest BCUT2D eigenvalue weighted by molar-refractivity contribution is 6.00. The van der Waals surface area contributed by atoms with Crippen molar-refractivity contribution >= 4 is 11.9 Å². The summed E-state index contributed by atoms with van der Waals surface area (Å²) in [6.07, 6.45) is 3.46. The minimum Gasteiger partial charge on any atom is -0.486 e. The van der Waals surface area contributed by atoms with Crippen molar-refractivity contribution in [3.63, 3.8) is 0 Å². The summed E-state index contributed by atoms with van der Waals surface area (Å²) in [4.78, 5) is 27.1. The minimum absolute atomic E-state index is 0.0895. The van der Waals surface area contributed by atoms with Crippen molar-refractivity contribution in [2.24, 2.45) is 0 Å². The molecule has 1 aromatic carbocycles. The molecule has 5 heteroatoms. The van der Waals surface area contributed by atoms with Crippen LogP contribution in [0.15, 0.2) is 24.3 Å². The number of piperidine rings is 1. The van der Waals surface area contributed by atoms with Gasteiger partial charge in [-0.05, 0) is 45.7 Å². The molecule has 1 spiro atoms. The molecule has 1 amide bonds. The molecule has 5 nitrogen and oxygen atoms in total. The zero-order valence-electron chi connectivity index (χ0n) is 15.1. The Labute approximate surface area is 148 Å². The summed E-state index contributed by atoms with van der Waals surface area (Å²) in [7, 11) is 0. The zero-order valence-corrected chi connectivity index (χ0v) is 15.1. The van der Waals surface area contributed by atoms with E-state index in [-0.39, 0.29) is 24.0 Å². The standard InChI is InChI=1S/C20H25NO4/c1-19(2,3)25-18(23)21-13-8-9-14(21)11-20(10-13)12-16(22)15-6-4-5-7-17(15)24-20/h4-7,13-14H,8-12H2,1-3H3. The molecule has 2 atom stereocenters. The normalized spacial score (nSPS) is 30.8. The first-order valence-corrected chi connectivity index (χ1v) is 9.09. The molecule has 0 aliphatic carbocycles. The van der Waals surface area contributed by atoms with Crippen LogP contribution >= 0.6 is 0 Å². The summed E-state index contributed by atoms with van der Waals surface area (Å²) in [5.41, 5.74) is -0.299. The van der Waals surface area contributed by atoms with E-state index >= 15 is 0 Å². The molecule has 1 aromatic rings. The first kappa shape index (κ1) is 16.4. The van der Waals surface area contributed by atoms with E-state index in [0.29, 0.717) is 30.6 Å². The fourth-order valence-corrected chi connectivity index (χ4v) is 4.59. The Kier molecular flexibility index (Phi) is 3.60. The Balaban J connectivity index is 1.56. The zero-order chi connectivity index (χ0) is 17.8. The van der Waals surface area contributed by atoms with Gasteiger partial charge in [-0.1, -0.05) is 12.1 Å². The van der Waals surface area contributed by atoms with Gasteiger partial charge < -0.3 is 14.4 Å². The number of carbonyl (C=O) groups excluding carboxylic acids is 2. The molecule has 0 radical (unpaired) electrons. The molecular weight excluding hydrogens is 318 g/mol. The topological polar surface area (TPSA) is 55.8 Å². The fourth-order valence-electron chi connectivity index (χ4n) is 4.59. The Morgan fingerprint density at radius 3 is 2.48 bits per heavy atom. The van der Waals surface area contributed by atoms with Crippen LogP contribution in [0.4, 0.5) is 4.79 Å². The third-order valence-electron chi connectivity index (χ3n) is 5.44. The molecule has 25 heavy (non-hydrogen) atoms. The van der Waals surface area contributed by atoms with Gasteiger partial charge in [-0.25, -0.2) is 4.79 Å². The lowest BCUT2D eigenvalue weighted by atomic mass is 9.79. The lowest BCUT2D eigenvalue weighted by Crippen LogP contribution is -2.57. The highest BCUT2D eigenvalue weighted by Crippen LogP contribution is 2.48. The average Bonchev–Trinajstić information content (AvgIpc) is 2.79. The summed E-state index contributed by atoms with van der Waals surface area (Å²) in [6.45, 7) is 5.66. The van der Waals surface area contributed by atoms with Gasteiger partial charge in [-0.15, -0.1) is 0 Å². The number of para-hydroxylation sites is 1. The van der Waals surface area contributed by atoms with Crippen LogP contribution in [-0.4, -0.2) is 40.1 Å². The van der Waals surface area contributed by atoms with Crippen LogP contribution in [0.1, 0.15) is 63.2 Å². The number of rotatable bonds is 0. The molecule has 2 bridgehead atoms. The summed E-state index contributed by atoms with van der Waals surface area (Å²) >= 11 is 0. The van der Waals surface area contributed by atoms with E-state index in [2.05, 4.69) is 0 Å². The fraction of sp³-hybridized carbons (Fsp3) is 0.600. The van der Waals surface area contributed by atoms with Crippen molar-refractivity contribution in [2.45, 2.75) is 76.2 Å². The van der Waals surface area contributed by atoms with E-state index in [1.807, 2.05) is 49.9 Å². The predicted molar refractivity (Wildman–Crippen MR) is 92.9 cm³/mol. The number of benzene rings is 1. The third-order valence-corrected chi connectivity index (χ3v) is 5.44. The quantitative estimate of drug-likeness (QED) is 0.716. The number of hydrogen-bond acceptors (Lipinski definition) is 4. The molecule has 134 valence electrons. The van der Waals surface area contributed by atoms with Crippen molar-refractivity contribution in [1.82, 2.24) is 4.90 Å². The van der Waals surface area contributed by atoms with Gasteiger partial charge in [-0.3, -0.25) is 4.79 Å². The largest absolute Gasteiger partial charge is 0.486 e. The van der Waals surface area contributed by atoms with Gasteiger partial charge >= 0.3 is 6.09 Å². The first-order chi connectivity index (χ1) is 11.8. The van der Waals surface area contributed by atoms with Gasteiger partial charge in [0.2, 0.25) is 0 Å².